The van der Waals surface area contributed by atoms with E-state index in [9.17, 15) is 0 Å². The molecule has 0 spiro atoms. The second-order valence-electron chi connectivity index (χ2n) is 4.37. The van der Waals surface area contributed by atoms with E-state index in [2.05, 4.69) is 27.0 Å². The molecule has 0 atom stereocenters. The minimum Gasteiger partial charge on any atom is -0.470 e. The number of rotatable bonds is 7. The standard InChI is InChI=1S/C14H24O/c1-7-13(6)15-10-14(12(4)5)9-8-11(2)3/h10-11H,4,6-9H2,1-3,5H3/b14-10+. The van der Waals surface area contributed by atoms with Crippen LogP contribution < -0.4 is 0 Å². The lowest BCUT2D eigenvalue weighted by atomic mass is 10.00. The summed E-state index contributed by atoms with van der Waals surface area (Å²) in [7, 11) is 0. The highest BCUT2D eigenvalue weighted by molar-refractivity contribution is 5.24. The summed E-state index contributed by atoms with van der Waals surface area (Å²) in [5.41, 5.74) is 2.28. The molecule has 0 N–H and O–H groups in total. The molecule has 86 valence electrons. The first-order chi connectivity index (χ1) is 6.97. The van der Waals surface area contributed by atoms with Gasteiger partial charge in [-0.1, -0.05) is 39.5 Å². The van der Waals surface area contributed by atoms with Crippen LogP contribution in [0.2, 0.25) is 0 Å². The number of ether oxygens (including phenoxy) is 1. The largest absolute Gasteiger partial charge is 0.470 e. The third-order valence-electron chi connectivity index (χ3n) is 2.30. The van der Waals surface area contributed by atoms with Gasteiger partial charge in [0.1, 0.15) is 0 Å². The van der Waals surface area contributed by atoms with Crippen LogP contribution in [0.25, 0.3) is 0 Å². The lowest BCUT2D eigenvalue weighted by molar-refractivity contribution is 0.335. The van der Waals surface area contributed by atoms with E-state index in [4.69, 9.17) is 4.74 Å². The fraction of sp³-hybridized carbons (Fsp3) is 0.571. The molecule has 0 aliphatic heterocycles. The molecule has 1 nitrogen and oxygen atoms in total. The van der Waals surface area contributed by atoms with Crippen molar-refractivity contribution in [2.45, 2.75) is 47.0 Å². The van der Waals surface area contributed by atoms with Crippen molar-refractivity contribution in [2.75, 3.05) is 0 Å². The van der Waals surface area contributed by atoms with E-state index in [1.165, 1.54) is 12.0 Å². The van der Waals surface area contributed by atoms with Crippen molar-refractivity contribution in [1.29, 1.82) is 0 Å². The molecule has 0 saturated heterocycles. The summed E-state index contributed by atoms with van der Waals surface area (Å²) < 4.78 is 5.43. The predicted molar refractivity (Wildman–Crippen MR) is 67.5 cm³/mol. The van der Waals surface area contributed by atoms with Crippen LogP contribution in [0.3, 0.4) is 0 Å². The molecule has 0 unspecified atom stereocenters. The van der Waals surface area contributed by atoms with Gasteiger partial charge in [-0.3, -0.25) is 0 Å². The van der Waals surface area contributed by atoms with Crippen molar-refractivity contribution in [3.8, 4) is 0 Å². The quantitative estimate of drug-likeness (QED) is 0.430. The maximum absolute atomic E-state index is 5.43. The van der Waals surface area contributed by atoms with Crippen molar-refractivity contribution in [1.82, 2.24) is 0 Å². The molecule has 0 aromatic heterocycles. The van der Waals surface area contributed by atoms with E-state index in [0.29, 0.717) is 5.92 Å². The Bertz CT molecular complexity index is 246. The zero-order chi connectivity index (χ0) is 11.8. The highest BCUT2D eigenvalue weighted by Gasteiger charge is 2.02. The molecule has 15 heavy (non-hydrogen) atoms. The topological polar surface area (TPSA) is 9.23 Å². The Balaban J connectivity index is 4.26. The fourth-order valence-electron chi connectivity index (χ4n) is 1.05. The van der Waals surface area contributed by atoms with Crippen LogP contribution in [-0.2, 0) is 4.74 Å². The molecule has 1 heteroatoms. The fourth-order valence-corrected chi connectivity index (χ4v) is 1.05. The minimum atomic E-state index is 0.710. The third-order valence-corrected chi connectivity index (χ3v) is 2.30. The molecule has 0 aromatic carbocycles. The first-order valence-corrected chi connectivity index (χ1v) is 5.66. The van der Waals surface area contributed by atoms with Crippen molar-refractivity contribution < 1.29 is 4.74 Å². The van der Waals surface area contributed by atoms with Gasteiger partial charge in [0.2, 0.25) is 0 Å². The second-order valence-corrected chi connectivity index (χ2v) is 4.37. The van der Waals surface area contributed by atoms with E-state index < -0.39 is 0 Å². The van der Waals surface area contributed by atoms with Crippen molar-refractivity contribution in [2.24, 2.45) is 5.92 Å². The molecule has 0 aliphatic rings. The van der Waals surface area contributed by atoms with Crippen LogP contribution in [-0.4, -0.2) is 0 Å². The monoisotopic (exact) mass is 208 g/mol. The van der Waals surface area contributed by atoms with Gasteiger partial charge in [-0.05, 0) is 31.3 Å². The zero-order valence-corrected chi connectivity index (χ0v) is 10.6. The number of hydrogen-bond acceptors (Lipinski definition) is 1. The Labute approximate surface area is 94.5 Å². The number of hydrogen-bond donors (Lipinski definition) is 0. The molecule has 0 radical (unpaired) electrons. The van der Waals surface area contributed by atoms with Crippen LogP contribution in [0.1, 0.15) is 47.0 Å². The van der Waals surface area contributed by atoms with E-state index >= 15 is 0 Å². The maximum atomic E-state index is 5.43. The van der Waals surface area contributed by atoms with Crippen molar-refractivity contribution in [3.05, 3.63) is 36.3 Å². The lowest BCUT2D eigenvalue weighted by Gasteiger charge is -2.10. The van der Waals surface area contributed by atoms with E-state index in [0.717, 1.165) is 24.2 Å². The average molecular weight is 208 g/mol. The Morgan fingerprint density at radius 2 is 1.93 bits per heavy atom. The summed E-state index contributed by atoms with van der Waals surface area (Å²) in [5.74, 6) is 1.51. The van der Waals surface area contributed by atoms with Gasteiger partial charge >= 0.3 is 0 Å². The molecule has 0 heterocycles. The highest BCUT2D eigenvalue weighted by Crippen LogP contribution is 2.18. The molecule has 0 bridgehead atoms. The SMILES string of the molecule is C=C(CC)O/C=C(\CCC(C)C)C(=C)C. The van der Waals surface area contributed by atoms with Crippen LogP contribution >= 0.6 is 0 Å². The van der Waals surface area contributed by atoms with Gasteiger partial charge < -0.3 is 4.74 Å². The van der Waals surface area contributed by atoms with Gasteiger partial charge in [-0.2, -0.15) is 0 Å². The summed E-state index contributed by atoms with van der Waals surface area (Å²) in [6.45, 7) is 16.3. The van der Waals surface area contributed by atoms with Gasteiger partial charge in [0, 0.05) is 6.42 Å². The predicted octanol–water partition coefficient (Wildman–Crippen LogP) is 4.82. The Morgan fingerprint density at radius 3 is 2.33 bits per heavy atom. The summed E-state index contributed by atoms with van der Waals surface area (Å²) in [6.07, 6.45) is 4.85. The molecular formula is C14H24O. The summed E-state index contributed by atoms with van der Waals surface area (Å²) in [6, 6.07) is 0. The molecule has 0 fully saturated rings. The van der Waals surface area contributed by atoms with Crippen LogP contribution in [0.15, 0.2) is 36.3 Å². The molecule has 0 aliphatic carbocycles. The first kappa shape index (κ1) is 14.0. The van der Waals surface area contributed by atoms with Gasteiger partial charge in [-0.25, -0.2) is 0 Å². The summed E-state index contributed by atoms with van der Waals surface area (Å²) in [4.78, 5) is 0. The van der Waals surface area contributed by atoms with Crippen LogP contribution in [0, 0.1) is 5.92 Å². The second kappa shape index (κ2) is 7.33. The van der Waals surface area contributed by atoms with E-state index in [1.54, 1.807) is 6.26 Å². The van der Waals surface area contributed by atoms with Gasteiger partial charge in [-0.15, -0.1) is 0 Å². The van der Waals surface area contributed by atoms with Gasteiger partial charge in [0.15, 0.2) is 0 Å². The molecule has 0 aromatic rings. The van der Waals surface area contributed by atoms with Crippen LogP contribution in [0.5, 0.6) is 0 Å². The third kappa shape index (κ3) is 7.01. The zero-order valence-electron chi connectivity index (χ0n) is 10.6. The van der Waals surface area contributed by atoms with Gasteiger partial charge in [0.05, 0.1) is 12.0 Å². The Hall–Kier alpha value is -0.980. The smallest absolute Gasteiger partial charge is 0.0957 e. The number of allylic oxidation sites excluding steroid dienone is 3. The van der Waals surface area contributed by atoms with Gasteiger partial charge in [0.25, 0.3) is 0 Å². The normalized spacial score (nSPS) is 11.7. The lowest BCUT2D eigenvalue weighted by Crippen LogP contribution is -1.93. The van der Waals surface area contributed by atoms with Crippen molar-refractivity contribution >= 4 is 0 Å². The van der Waals surface area contributed by atoms with E-state index in [-0.39, 0.29) is 0 Å². The van der Waals surface area contributed by atoms with Crippen molar-refractivity contribution in [3.63, 3.8) is 0 Å². The molecule has 0 amide bonds. The van der Waals surface area contributed by atoms with Crippen LogP contribution in [0.4, 0.5) is 0 Å². The first-order valence-electron chi connectivity index (χ1n) is 5.66. The summed E-state index contributed by atoms with van der Waals surface area (Å²) in [5, 5.41) is 0. The minimum absolute atomic E-state index is 0.710. The average Bonchev–Trinajstić information content (AvgIpc) is 2.16. The molecule has 0 saturated carbocycles. The molecular weight excluding hydrogens is 184 g/mol. The Morgan fingerprint density at radius 1 is 1.33 bits per heavy atom. The molecule has 0 rings (SSSR count). The van der Waals surface area contributed by atoms with E-state index in [1.807, 2.05) is 13.8 Å². The summed E-state index contributed by atoms with van der Waals surface area (Å²) >= 11 is 0. The maximum Gasteiger partial charge on any atom is 0.0957 e. The Kier molecular flexibility index (Phi) is 6.85. The highest BCUT2D eigenvalue weighted by atomic mass is 16.5.